The van der Waals surface area contributed by atoms with Crippen LogP contribution in [-0.2, 0) is 24.0 Å². The lowest BCUT2D eigenvalue weighted by molar-refractivity contribution is -0.158. The Balaban J connectivity index is 5.44. The highest BCUT2D eigenvalue weighted by Crippen LogP contribution is 2.22. The molecule has 86 heavy (non-hydrogen) atoms. The molecule has 0 saturated heterocycles. The smallest absolute Gasteiger partial charge is 0.326 e. The molecule has 0 unspecified atom stereocenters. The van der Waals surface area contributed by atoms with Gasteiger partial charge in [-0.15, -0.1) is 0 Å². The number of hydrogen-bond acceptors (Lipinski definition) is 5. The number of imide groups is 2. The van der Waals surface area contributed by atoms with E-state index in [9.17, 15) is 29.1 Å². The molecule has 0 aromatic carbocycles. The molecular formula is C78H150N2O6. The SMILES string of the molecule is CCCCCCCCCCCCCCCCCC(=O)N(CCCC[C@@H](C(=O)O)N(C(=O)CCCCCCCCCCCCCCCCC)C(=O)CCCCCCCCCCCCCCCCC)C(=O)CCCCCCCCCCCCCCCCC. The van der Waals surface area contributed by atoms with Crippen LogP contribution >= 0.6 is 0 Å². The van der Waals surface area contributed by atoms with Crippen molar-refractivity contribution in [2.75, 3.05) is 6.54 Å². The molecular weight excluding hydrogens is 1060 g/mol. The van der Waals surface area contributed by atoms with Crippen molar-refractivity contribution < 1.29 is 29.1 Å². The van der Waals surface area contributed by atoms with Crippen LogP contribution in [-0.4, -0.2) is 57.1 Å². The summed E-state index contributed by atoms with van der Waals surface area (Å²) in [5.74, 6) is -2.10. The van der Waals surface area contributed by atoms with Gasteiger partial charge in [0.15, 0.2) is 0 Å². The first-order chi connectivity index (χ1) is 42.2. The summed E-state index contributed by atoms with van der Waals surface area (Å²) in [6.45, 7) is 9.34. The fourth-order valence-electron chi connectivity index (χ4n) is 12.9. The fraction of sp³-hybridized carbons (Fsp3) is 0.936. The summed E-state index contributed by atoms with van der Waals surface area (Å²) >= 11 is 0. The van der Waals surface area contributed by atoms with Crippen LogP contribution in [0, 0.1) is 0 Å². The average Bonchev–Trinajstić information content (AvgIpc) is 3.70. The van der Waals surface area contributed by atoms with Crippen LogP contribution in [0.3, 0.4) is 0 Å². The molecule has 0 saturated carbocycles. The Morgan fingerprint density at radius 2 is 0.407 bits per heavy atom. The molecule has 8 nitrogen and oxygen atoms in total. The molecule has 8 heteroatoms. The minimum absolute atomic E-state index is 0.112. The summed E-state index contributed by atoms with van der Waals surface area (Å²) in [6, 6.07) is -1.25. The summed E-state index contributed by atoms with van der Waals surface area (Å²) in [5, 5.41) is 10.7. The van der Waals surface area contributed by atoms with Crippen LogP contribution in [0.1, 0.15) is 458 Å². The Bertz CT molecular complexity index is 1380. The molecule has 1 atom stereocenters. The largest absolute Gasteiger partial charge is 0.480 e. The van der Waals surface area contributed by atoms with Gasteiger partial charge in [0.25, 0.3) is 0 Å². The van der Waals surface area contributed by atoms with Gasteiger partial charge in [-0.1, -0.05) is 387 Å². The highest BCUT2D eigenvalue weighted by Gasteiger charge is 2.34. The van der Waals surface area contributed by atoms with E-state index >= 15 is 0 Å². The van der Waals surface area contributed by atoms with Crippen LogP contribution in [0.2, 0.25) is 0 Å². The lowest BCUT2D eigenvalue weighted by Gasteiger charge is -2.28. The van der Waals surface area contributed by atoms with Crippen LogP contribution in [0.15, 0.2) is 0 Å². The number of carbonyl (C=O) groups is 5. The van der Waals surface area contributed by atoms with Gasteiger partial charge in [0.2, 0.25) is 23.6 Å². The normalized spacial score (nSPS) is 11.9. The Labute approximate surface area is 536 Å². The van der Waals surface area contributed by atoms with Crippen molar-refractivity contribution in [1.29, 1.82) is 0 Å². The van der Waals surface area contributed by atoms with Crippen LogP contribution < -0.4 is 0 Å². The standard InChI is InChI=1S/C78H150N2O6/c1-5-9-13-17-21-25-29-33-37-41-45-49-53-57-61-68-74(81)79(75(82)69-62-58-54-50-46-42-38-34-30-26-22-18-14-10-6-2)72-66-65-67-73(78(85)86)80(76(83)70-63-59-55-51-47-43-39-35-31-27-23-19-15-11-7-3)77(84)71-64-60-56-52-48-44-40-36-32-28-24-20-16-12-8-4/h73H,5-72H2,1-4H3,(H,85,86)/t73-/m0/s1. The van der Waals surface area contributed by atoms with E-state index in [2.05, 4.69) is 27.7 Å². The van der Waals surface area contributed by atoms with Crippen LogP contribution in [0.5, 0.6) is 0 Å². The molecule has 1 N–H and O–H groups in total. The number of aliphatic carboxylic acids is 1. The number of carboxylic acid groups (broad SMARTS) is 1. The number of carboxylic acids is 1. The lowest BCUT2D eigenvalue weighted by Crippen LogP contribution is -2.48. The monoisotopic (exact) mass is 1210 g/mol. The third-order valence-electron chi connectivity index (χ3n) is 18.8. The number of carbonyl (C=O) groups excluding carboxylic acids is 4. The summed E-state index contributed by atoms with van der Waals surface area (Å²) in [6.07, 6.45) is 76.4. The van der Waals surface area contributed by atoms with Gasteiger partial charge in [-0.2, -0.15) is 0 Å². The van der Waals surface area contributed by atoms with Crippen molar-refractivity contribution >= 4 is 29.6 Å². The second-order valence-corrected chi connectivity index (χ2v) is 27.2. The Kier molecular flexibility index (Phi) is 66.9. The number of unbranched alkanes of at least 4 members (excludes halogenated alkanes) is 57. The van der Waals surface area contributed by atoms with Crippen molar-refractivity contribution in [3.8, 4) is 0 Å². The van der Waals surface area contributed by atoms with E-state index in [1.165, 1.54) is 300 Å². The third kappa shape index (κ3) is 56.9. The maximum absolute atomic E-state index is 14.1. The molecule has 0 fully saturated rings. The third-order valence-corrected chi connectivity index (χ3v) is 18.8. The molecule has 0 heterocycles. The quantitative estimate of drug-likeness (QED) is 0.0607. The topological polar surface area (TPSA) is 112 Å². The van der Waals surface area contributed by atoms with Crippen molar-refractivity contribution in [2.45, 2.75) is 464 Å². The first-order valence-electron chi connectivity index (χ1n) is 39.2. The second kappa shape index (κ2) is 68.7. The lowest BCUT2D eigenvalue weighted by atomic mass is 10.0. The van der Waals surface area contributed by atoms with Gasteiger partial charge in [0.1, 0.15) is 6.04 Å². The molecule has 0 aliphatic rings. The van der Waals surface area contributed by atoms with Gasteiger partial charge in [-0.05, 0) is 44.9 Å². The summed E-state index contributed by atoms with van der Waals surface area (Å²) < 4.78 is 0. The van der Waals surface area contributed by atoms with E-state index in [4.69, 9.17) is 0 Å². The maximum atomic E-state index is 14.1. The van der Waals surface area contributed by atoms with E-state index in [-0.39, 0.29) is 49.4 Å². The minimum Gasteiger partial charge on any atom is -0.480 e. The van der Waals surface area contributed by atoms with Crippen LogP contribution in [0.25, 0.3) is 0 Å². The average molecular weight is 1210 g/mol. The molecule has 0 aromatic rings. The van der Waals surface area contributed by atoms with Crippen molar-refractivity contribution in [3.05, 3.63) is 0 Å². The molecule has 508 valence electrons. The number of nitrogens with zero attached hydrogens (tertiary/aromatic N) is 2. The zero-order chi connectivity index (χ0) is 62.7. The number of amides is 4. The summed E-state index contributed by atoms with van der Waals surface area (Å²) in [7, 11) is 0. The number of hydrogen-bond donors (Lipinski definition) is 1. The first-order valence-corrected chi connectivity index (χ1v) is 39.2. The minimum atomic E-state index is -1.25. The van der Waals surface area contributed by atoms with E-state index in [1.54, 1.807) is 0 Å². The van der Waals surface area contributed by atoms with Crippen molar-refractivity contribution in [3.63, 3.8) is 0 Å². The van der Waals surface area contributed by atoms with Gasteiger partial charge in [0, 0.05) is 32.2 Å². The molecule has 0 radical (unpaired) electrons. The fourth-order valence-corrected chi connectivity index (χ4v) is 12.9. The maximum Gasteiger partial charge on any atom is 0.326 e. The van der Waals surface area contributed by atoms with Gasteiger partial charge >= 0.3 is 5.97 Å². The molecule has 0 aliphatic carbocycles. The predicted octanol–water partition coefficient (Wildman–Crippen LogP) is 25.4. The summed E-state index contributed by atoms with van der Waals surface area (Å²) in [5.41, 5.74) is 0. The highest BCUT2D eigenvalue weighted by molar-refractivity contribution is 5.99. The van der Waals surface area contributed by atoms with Gasteiger partial charge < -0.3 is 5.11 Å². The van der Waals surface area contributed by atoms with Crippen molar-refractivity contribution in [1.82, 2.24) is 9.80 Å². The van der Waals surface area contributed by atoms with Gasteiger partial charge in [-0.3, -0.25) is 29.0 Å². The van der Waals surface area contributed by atoms with Crippen molar-refractivity contribution in [2.24, 2.45) is 0 Å². The van der Waals surface area contributed by atoms with E-state index < -0.39 is 12.0 Å². The second-order valence-electron chi connectivity index (χ2n) is 27.2. The van der Waals surface area contributed by atoms with E-state index in [0.29, 0.717) is 38.5 Å². The highest BCUT2D eigenvalue weighted by atomic mass is 16.4. The Morgan fingerprint density at radius 1 is 0.233 bits per heavy atom. The number of rotatable bonds is 71. The molecule has 0 rings (SSSR count). The van der Waals surface area contributed by atoms with Crippen LogP contribution in [0.4, 0.5) is 0 Å². The molecule has 0 aliphatic heterocycles. The first kappa shape index (κ1) is 83.8. The predicted molar refractivity (Wildman–Crippen MR) is 372 cm³/mol. The summed E-state index contributed by atoms with van der Waals surface area (Å²) in [4.78, 5) is 71.6. The Hall–Kier alpha value is -2.25. The molecule has 0 bridgehead atoms. The van der Waals surface area contributed by atoms with Gasteiger partial charge in [0.05, 0.1) is 0 Å². The van der Waals surface area contributed by atoms with E-state index in [0.717, 1.165) is 81.9 Å². The molecule has 0 aromatic heterocycles. The zero-order valence-electron chi connectivity index (χ0n) is 58.5. The van der Waals surface area contributed by atoms with Gasteiger partial charge in [-0.25, -0.2) is 4.79 Å². The molecule has 0 spiro atoms. The Morgan fingerprint density at radius 3 is 0.593 bits per heavy atom. The van der Waals surface area contributed by atoms with E-state index in [1.807, 2.05) is 0 Å². The zero-order valence-corrected chi connectivity index (χ0v) is 58.5. The molecule has 4 amide bonds.